The fourth-order valence-corrected chi connectivity index (χ4v) is 2.85. The van der Waals surface area contributed by atoms with Gasteiger partial charge in [-0.25, -0.2) is 0 Å². The first-order valence-electron chi connectivity index (χ1n) is 9.26. The van der Waals surface area contributed by atoms with Gasteiger partial charge in [-0.3, -0.25) is 9.59 Å². The van der Waals surface area contributed by atoms with E-state index in [0.29, 0.717) is 31.0 Å². The highest BCUT2D eigenvalue weighted by atomic mass is 16.2. The van der Waals surface area contributed by atoms with Crippen molar-refractivity contribution in [1.82, 2.24) is 10.3 Å². The van der Waals surface area contributed by atoms with Crippen molar-refractivity contribution in [2.75, 3.05) is 11.9 Å². The predicted octanol–water partition coefficient (Wildman–Crippen LogP) is 4.13. The predicted molar refractivity (Wildman–Crippen MR) is 109 cm³/mol. The SMILES string of the molecule is CC(C)CNC(=O)c1cc2cc(NC(=O)CCc3ccccc3)ccc2[nH]1. The van der Waals surface area contributed by atoms with E-state index in [1.807, 2.05) is 54.6 Å². The van der Waals surface area contributed by atoms with Crippen LogP contribution in [-0.4, -0.2) is 23.3 Å². The van der Waals surface area contributed by atoms with E-state index in [2.05, 4.69) is 29.5 Å². The molecule has 0 atom stereocenters. The second-order valence-electron chi connectivity index (χ2n) is 7.12. The van der Waals surface area contributed by atoms with Crippen molar-refractivity contribution in [2.45, 2.75) is 26.7 Å². The molecule has 5 nitrogen and oxygen atoms in total. The lowest BCUT2D eigenvalue weighted by molar-refractivity contribution is -0.116. The van der Waals surface area contributed by atoms with Gasteiger partial charge in [0, 0.05) is 29.6 Å². The molecule has 3 rings (SSSR count). The molecule has 2 aromatic carbocycles. The summed E-state index contributed by atoms with van der Waals surface area (Å²) in [5.41, 5.74) is 3.27. The normalized spacial score (nSPS) is 10.9. The first kappa shape index (κ1) is 18.7. The van der Waals surface area contributed by atoms with Crippen molar-refractivity contribution in [1.29, 1.82) is 0 Å². The zero-order valence-electron chi connectivity index (χ0n) is 15.7. The lowest BCUT2D eigenvalue weighted by Crippen LogP contribution is -2.27. The molecule has 2 amide bonds. The first-order valence-corrected chi connectivity index (χ1v) is 9.26. The Hall–Kier alpha value is -3.08. The maximum absolute atomic E-state index is 12.2. The average Bonchev–Trinajstić information content (AvgIpc) is 3.08. The highest BCUT2D eigenvalue weighted by Gasteiger charge is 2.11. The largest absolute Gasteiger partial charge is 0.351 e. The van der Waals surface area contributed by atoms with Crippen LogP contribution in [0.3, 0.4) is 0 Å². The van der Waals surface area contributed by atoms with Gasteiger partial charge in [-0.15, -0.1) is 0 Å². The number of fused-ring (bicyclic) bond motifs is 1. The van der Waals surface area contributed by atoms with Gasteiger partial charge >= 0.3 is 0 Å². The third-order valence-corrected chi connectivity index (χ3v) is 4.30. The number of hydrogen-bond donors (Lipinski definition) is 3. The molecule has 0 unspecified atom stereocenters. The highest BCUT2D eigenvalue weighted by molar-refractivity contribution is 5.99. The number of hydrogen-bond acceptors (Lipinski definition) is 2. The summed E-state index contributed by atoms with van der Waals surface area (Å²) in [4.78, 5) is 27.5. The quantitative estimate of drug-likeness (QED) is 0.590. The number of aromatic nitrogens is 1. The number of aromatic amines is 1. The minimum absolute atomic E-state index is 0.0244. The van der Waals surface area contributed by atoms with Gasteiger partial charge in [-0.05, 0) is 42.2 Å². The smallest absolute Gasteiger partial charge is 0.267 e. The summed E-state index contributed by atoms with van der Waals surface area (Å²) in [6.07, 6.45) is 1.14. The number of carbonyl (C=O) groups excluding carboxylic acids is 2. The molecule has 0 saturated heterocycles. The van der Waals surface area contributed by atoms with Crippen LogP contribution in [0.15, 0.2) is 54.6 Å². The van der Waals surface area contributed by atoms with Gasteiger partial charge in [-0.1, -0.05) is 44.2 Å². The molecular formula is C22H25N3O2. The lowest BCUT2D eigenvalue weighted by Gasteiger charge is -2.05. The van der Waals surface area contributed by atoms with E-state index in [4.69, 9.17) is 0 Å². The van der Waals surface area contributed by atoms with E-state index in [0.717, 1.165) is 22.2 Å². The molecule has 5 heteroatoms. The number of carbonyl (C=O) groups is 2. The van der Waals surface area contributed by atoms with E-state index >= 15 is 0 Å². The summed E-state index contributed by atoms with van der Waals surface area (Å²) in [5, 5.41) is 6.72. The summed E-state index contributed by atoms with van der Waals surface area (Å²) in [5.74, 6) is 0.257. The molecule has 0 aliphatic heterocycles. The lowest BCUT2D eigenvalue weighted by atomic mass is 10.1. The van der Waals surface area contributed by atoms with E-state index in [1.54, 1.807) is 0 Å². The van der Waals surface area contributed by atoms with Crippen LogP contribution in [-0.2, 0) is 11.2 Å². The Balaban J connectivity index is 1.62. The Bertz CT molecular complexity index is 929. The number of nitrogens with one attached hydrogen (secondary N) is 3. The third kappa shape index (κ3) is 5.20. The van der Waals surface area contributed by atoms with Crippen LogP contribution in [0.4, 0.5) is 5.69 Å². The van der Waals surface area contributed by atoms with Crippen molar-refractivity contribution in [3.63, 3.8) is 0 Å². The molecule has 1 heterocycles. The zero-order chi connectivity index (χ0) is 19.2. The molecular weight excluding hydrogens is 338 g/mol. The molecule has 0 fully saturated rings. The van der Waals surface area contributed by atoms with Crippen molar-refractivity contribution >= 4 is 28.4 Å². The molecule has 0 aliphatic rings. The average molecular weight is 363 g/mol. The number of benzene rings is 2. The van der Waals surface area contributed by atoms with Crippen molar-refractivity contribution < 1.29 is 9.59 Å². The molecule has 0 saturated carbocycles. The monoisotopic (exact) mass is 363 g/mol. The van der Waals surface area contributed by atoms with Crippen LogP contribution in [0.25, 0.3) is 10.9 Å². The van der Waals surface area contributed by atoms with Crippen molar-refractivity contribution in [3.05, 3.63) is 65.9 Å². The van der Waals surface area contributed by atoms with E-state index < -0.39 is 0 Å². The van der Waals surface area contributed by atoms with E-state index in [9.17, 15) is 9.59 Å². The zero-order valence-corrected chi connectivity index (χ0v) is 15.7. The third-order valence-electron chi connectivity index (χ3n) is 4.30. The van der Waals surface area contributed by atoms with Crippen LogP contribution < -0.4 is 10.6 Å². The maximum atomic E-state index is 12.2. The summed E-state index contributed by atoms with van der Waals surface area (Å²) in [7, 11) is 0. The number of rotatable bonds is 7. The van der Waals surface area contributed by atoms with E-state index in [-0.39, 0.29) is 11.8 Å². The van der Waals surface area contributed by atoms with Gasteiger partial charge < -0.3 is 15.6 Å². The standard InChI is InChI=1S/C22H25N3O2/c1-15(2)14-23-22(27)20-13-17-12-18(9-10-19(17)25-20)24-21(26)11-8-16-6-4-3-5-7-16/h3-7,9-10,12-13,15,25H,8,11,14H2,1-2H3,(H,23,27)(H,24,26). The molecule has 140 valence electrons. The number of aryl methyl sites for hydroxylation is 1. The summed E-state index contributed by atoms with van der Waals surface area (Å²) < 4.78 is 0. The molecule has 3 N–H and O–H groups in total. The fraction of sp³-hybridized carbons (Fsp3) is 0.273. The summed E-state index contributed by atoms with van der Waals surface area (Å²) >= 11 is 0. The Kier molecular flexibility index (Phi) is 5.91. The molecule has 0 aliphatic carbocycles. The number of anilines is 1. The van der Waals surface area contributed by atoms with Gasteiger partial charge in [0.1, 0.15) is 5.69 Å². The molecule has 0 bridgehead atoms. The Morgan fingerprint density at radius 2 is 1.81 bits per heavy atom. The minimum Gasteiger partial charge on any atom is -0.351 e. The van der Waals surface area contributed by atoms with Gasteiger partial charge in [-0.2, -0.15) is 0 Å². The Morgan fingerprint density at radius 1 is 1.04 bits per heavy atom. The van der Waals surface area contributed by atoms with Crippen LogP contribution in [0.1, 0.15) is 36.3 Å². The Morgan fingerprint density at radius 3 is 2.56 bits per heavy atom. The van der Waals surface area contributed by atoms with Gasteiger partial charge in [0.05, 0.1) is 0 Å². The molecule has 0 spiro atoms. The van der Waals surface area contributed by atoms with Crippen LogP contribution in [0.5, 0.6) is 0 Å². The highest BCUT2D eigenvalue weighted by Crippen LogP contribution is 2.20. The van der Waals surface area contributed by atoms with Gasteiger partial charge in [0.15, 0.2) is 0 Å². The minimum atomic E-state index is -0.117. The topological polar surface area (TPSA) is 74.0 Å². The molecule has 1 aromatic heterocycles. The molecule has 0 radical (unpaired) electrons. The second-order valence-corrected chi connectivity index (χ2v) is 7.12. The number of amides is 2. The second kappa shape index (κ2) is 8.54. The van der Waals surface area contributed by atoms with Crippen LogP contribution >= 0.6 is 0 Å². The summed E-state index contributed by atoms with van der Waals surface area (Å²) in [6, 6.07) is 17.4. The Labute approximate surface area is 159 Å². The number of H-pyrrole nitrogens is 1. The molecule has 27 heavy (non-hydrogen) atoms. The van der Waals surface area contributed by atoms with Crippen molar-refractivity contribution in [2.24, 2.45) is 5.92 Å². The van der Waals surface area contributed by atoms with Crippen LogP contribution in [0.2, 0.25) is 0 Å². The first-order chi connectivity index (χ1) is 13.0. The fourth-order valence-electron chi connectivity index (χ4n) is 2.85. The van der Waals surface area contributed by atoms with E-state index in [1.165, 1.54) is 0 Å². The van der Waals surface area contributed by atoms with Crippen LogP contribution in [0, 0.1) is 5.92 Å². The van der Waals surface area contributed by atoms with Gasteiger partial charge in [0.25, 0.3) is 5.91 Å². The summed E-state index contributed by atoms with van der Waals surface area (Å²) in [6.45, 7) is 4.74. The maximum Gasteiger partial charge on any atom is 0.267 e. The molecule has 3 aromatic rings. The van der Waals surface area contributed by atoms with Crippen molar-refractivity contribution in [3.8, 4) is 0 Å². The van der Waals surface area contributed by atoms with Gasteiger partial charge in [0.2, 0.25) is 5.91 Å².